The van der Waals surface area contributed by atoms with E-state index in [1.807, 2.05) is 6.92 Å². The Hall–Kier alpha value is -0.453. The fraction of sp³-hybridized carbons (Fsp3) is 0.700. The minimum atomic E-state index is -1.72. The number of hydrogen-bond donors (Lipinski definition) is 0. The molecule has 0 saturated carbocycles. The second-order valence-corrected chi connectivity index (χ2v) is 5.52. The third-order valence-corrected chi connectivity index (χ3v) is 3.73. The molecule has 3 nitrogen and oxygen atoms in total. The van der Waals surface area contributed by atoms with E-state index in [0.717, 1.165) is 18.4 Å². The lowest BCUT2D eigenvalue weighted by molar-refractivity contribution is -0.113. The van der Waals surface area contributed by atoms with Gasteiger partial charge in [-0.25, -0.2) is 0 Å². The lowest BCUT2D eigenvalue weighted by atomic mass is 10.1. The van der Waals surface area contributed by atoms with Crippen LogP contribution in [0.1, 0.15) is 26.7 Å². The Balaban J connectivity index is 4.01. The predicted octanol–water partition coefficient (Wildman–Crippen LogP) is 1.82. The highest BCUT2D eigenvalue weighted by molar-refractivity contribution is 6.50. The molecule has 0 aliphatic carbocycles. The Kier molecular flexibility index (Phi) is 7.65. The number of rotatable bonds is 7. The summed E-state index contributed by atoms with van der Waals surface area (Å²) in [6.45, 7) is 4.08. The molecule has 0 aromatic carbocycles. The van der Waals surface area contributed by atoms with Crippen LogP contribution in [0, 0.1) is 0 Å². The van der Waals surface area contributed by atoms with Gasteiger partial charge in [0, 0.05) is 14.2 Å². The molecule has 0 spiro atoms. The van der Waals surface area contributed by atoms with Gasteiger partial charge in [0.05, 0.1) is 6.04 Å². The molecule has 0 radical (unpaired) electrons. The van der Waals surface area contributed by atoms with Crippen LogP contribution in [0.15, 0.2) is 11.6 Å². The molecule has 0 fully saturated rings. The first kappa shape index (κ1) is 13.5. The molecule has 4 heteroatoms. The summed E-state index contributed by atoms with van der Waals surface area (Å²) in [6, 6.07) is 0.425. The average Bonchev–Trinajstić information content (AvgIpc) is 2.14. The molecule has 0 N–H and O–H groups in total. The molecule has 0 aromatic heterocycles. The highest BCUT2D eigenvalue weighted by Gasteiger charge is 2.13. The fourth-order valence-corrected chi connectivity index (χ4v) is 2.20. The summed E-state index contributed by atoms with van der Waals surface area (Å²) in [5.41, 5.74) is 1.14. The Bertz CT molecular complexity index is 198. The Labute approximate surface area is 87.9 Å². The Morgan fingerprint density at radius 2 is 1.93 bits per heavy atom. The highest BCUT2D eigenvalue weighted by atomic mass is 28.3. The molecule has 0 bridgehead atoms. The Morgan fingerprint density at radius 1 is 1.36 bits per heavy atom. The molecule has 0 aliphatic heterocycles. The van der Waals surface area contributed by atoms with E-state index in [2.05, 4.69) is 6.92 Å². The number of hydrogen-bond acceptors (Lipinski definition) is 3. The maximum atomic E-state index is 11.5. The van der Waals surface area contributed by atoms with Crippen LogP contribution in [0.3, 0.4) is 0 Å². The zero-order valence-corrected chi connectivity index (χ0v) is 10.7. The van der Waals surface area contributed by atoms with E-state index >= 15 is 0 Å². The van der Waals surface area contributed by atoms with Gasteiger partial charge in [0.1, 0.15) is 0 Å². The van der Waals surface area contributed by atoms with Crippen molar-refractivity contribution in [3.63, 3.8) is 0 Å². The lowest BCUT2D eigenvalue weighted by Gasteiger charge is -2.08. The second kappa shape index (κ2) is 7.91. The third kappa shape index (κ3) is 6.07. The number of ketones is 1. The van der Waals surface area contributed by atoms with Crippen molar-refractivity contribution in [2.75, 3.05) is 14.2 Å². The summed E-state index contributed by atoms with van der Waals surface area (Å²) >= 11 is 0. The molecule has 0 aliphatic rings. The van der Waals surface area contributed by atoms with Gasteiger partial charge in [-0.3, -0.25) is 4.79 Å². The van der Waals surface area contributed by atoms with Crippen molar-refractivity contribution < 1.29 is 13.6 Å². The van der Waals surface area contributed by atoms with Crippen LogP contribution in [-0.4, -0.2) is 29.3 Å². The predicted molar refractivity (Wildman–Crippen MR) is 59.6 cm³/mol. The van der Waals surface area contributed by atoms with E-state index in [0.29, 0.717) is 6.04 Å². The van der Waals surface area contributed by atoms with Gasteiger partial charge < -0.3 is 8.85 Å². The summed E-state index contributed by atoms with van der Waals surface area (Å²) in [4.78, 5) is 11.5. The molecule has 14 heavy (non-hydrogen) atoms. The minimum Gasteiger partial charge on any atom is -0.400 e. The summed E-state index contributed by atoms with van der Waals surface area (Å²) in [7, 11) is 1.46. The molecular formula is C10H20O3Si. The van der Waals surface area contributed by atoms with Gasteiger partial charge in [-0.1, -0.05) is 18.9 Å². The second-order valence-electron chi connectivity index (χ2n) is 3.31. The molecule has 0 atom stereocenters. The smallest absolute Gasteiger partial charge is 0.328 e. The summed E-state index contributed by atoms with van der Waals surface area (Å²) < 4.78 is 10.2. The van der Waals surface area contributed by atoms with Crippen molar-refractivity contribution in [2.45, 2.75) is 32.7 Å². The minimum absolute atomic E-state index is 0.122. The van der Waals surface area contributed by atoms with Crippen molar-refractivity contribution in [1.82, 2.24) is 0 Å². The normalized spacial score (nSPS) is 12.2. The van der Waals surface area contributed by atoms with E-state index in [1.54, 1.807) is 20.3 Å². The quantitative estimate of drug-likeness (QED) is 0.481. The van der Waals surface area contributed by atoms with E-state index in [1.165, 1.54) is 0 Å². The van der Waals surface area contributed by atoms with Gasteiger partial charge in [-0.05, 0) is 19.4 Å². The van der Waals surface area contributed by atoms with Gasteiger partial charge in [0.25, 0.3) is 0 Å². The Morgan fingerprint density at radius 3 is 2.36 bits per heavy atom. The maximum absolute atomic E-state index is 11.5. The van der Waals surface area contributed by atoms with Crippen molar-refractivity contribution in [3.8, 4) is 0 Å². The molecule has 0 amide bonds. The van der Waals surface area contributed by atoms with Gasteiger partial charge >= 0.3 is 9.28 Å². The topological polar surface area (TPSA) is 35.5 Å². The van der Waals surface area contributed by atoms with Gasteiger partial charge in [-0.15, -0.1) is 0 Å². The standard InChI is InChI=1S/C10H20O3Si/c1-5-6-9(2)7-10(11)8-14(12-3)13-4/h7,14H,5-6,8H2,1-4H3. The number of carbonyl (C=O) groups is 1. The molecule has 0 saturated heterocycles. The summed E-state index contributed by atoms with van der Waals surface area (Å²) in [5, 5.41) is 0. The van der Waals surface area contributed by atoms with Gasteiger partial charge in [-0.2, -0.15) is 0 Å². The van der Waals surface area contributed by atoms with Crippen molar-refractivity contribution in [2.24, 2.45) is 0 Å². The first-order valence-corrected chi connectivity index (χ1v) is 6.65. The first-order valence-electron chi connectivity index (χ1n) is 4.89. The van der Waals surface area contributed by atoms with Gasteiger partial charge in [0.2, 0.25) is 0 Å². The van der Waals surface area contributed by atoms with Crippen molar-refractivity contribution >= 4 is 15.1 Å². The van der Waals surface area contributed by atoms with E-state index in [-0.39, 0.29) is 5.78 Å². The highest BCUT2D eigenvalue weighted by Crippen LogP contribution is 2.05. The van der Waals surface area contributed by atoms with Crippen LogP contribution in [0.4, 0.5) is 0 Å². The molecule has 0 aromatic rings. The lowest BCUT2D eigenvalue weighted by Crippen LogP contribution is -2.22. The van der Waals surface area contributed by atoms with Crippen molar-refractivity contribution in [3.05, 3.63) is 11.6 Å². The first-order chi connectivity index (χ1) is 6.63. The zero-order valence-electron chi connectivity index (χ0n) is 9.50. The number of carbonyl (C=O) groups excluding carboxylic acids is 1. The van der Waals surface area contributed by atoms with E-state index < -0.39 is 9.28 Å². The summed E-state index contributed by atoms with van der Waals surface area (Å²) in [6.07, 6.45) is 3.77. The fourth-order valence-electron chi connectivity index (χ4n) is 1.23. The van der Waals surface area contributed by atoms with Crippen LogP contribution < -0.4 is 0 Å². The van der Waals surface area contributed by atoms with Crippen LogP contribution in [0.25, 0.3) is 0 Å². The monoisotopic (exact) mass is 216 g/mol. The van der Waals surface area contributed by atoms with Crippen LogP contribution in [0.2, 0.25) is 6.04 Å². The maximum Gasteiger partial charge on any atom is 0.328 e. The van der Waals surface area contributed by atoms with Crippen LogP contribution in [-0.2, 0) is 13.6 Å². The molecule has 0 unspecified atom stereocenters. The average molecular weight is 216 g/mol. The molecule has 0 heterocycles. The van der Waals surface area contributed by atoms with Crippen molar-refractivity contribution in [1.29, 1.82) is 0 Å². The van der Waals surface area contributed by atoms with Crippen LogP contribution >= 0.6 is 0 Å². The molecule has 82 valence electrons. The SMILES string of the molecule is CCCC(C)=CC(=O)C[SiH](OC)OC. The van der Waals surface area contributed by atoms with E-state index in [4.69, 9.17) is 8.85 Å². The summed E-state index contributed by atoms with van der Waals surface area (Å²) in [5.74, 6) is 0.122. The third-order valence-electron chi connectivity index (χ3n) is 1.95. The largest absolute Gasteiger partial charge is 0.400 e. The molecule has 0 rings (SSSR count). The molecular weight excluding hydrogens is 196 g/mol. The zero-order chi connectivity index (χ0) is 11.0. The number of allylic oxidation sites excluding steroid dienone is 2. The van der Waals surface area contributed by atoms with Crippen LogP contribution in [0.5, 0.6) is 0 Å². The van der Waals surface area contributed by atoms with E-state index in [9.17, 15) is 4.79 Å². The van der Waals surface area contributed by atoms with Gasteiger partial charge in [0.15, 0.2) is 5.78 Å².